The first-order valence-electron chi connectivity index (χ1n) is 10.1. The molecular formula is C23H28N2O3. The minimum absolute atomic E-state index is 0.00879. The van der Waals surface area contributed by atoms with Crippen molar-refractivity contribution >= 4 is 16.9 Å². The Labute approximate surface area is 165 Å². The summed E-state index contributed by atoms with van der Waals surface area (Å²) in [5, 5.41) is 4.14. The van der Waals surface area contributed by atoms with E-state index in [-0.39, 0.29) is 11.9 Å². The summed E-state index contributed by atoms with van der Waals surface area (Å²) in [7, 11) is 0. The summed E-state index contributed by atoms with van der Waals surface area (Å²) >= 11 is 0. The number of nitrogens with one attached hydrogen (secondary N) is 1. The number of amides is 1. The molecule has 4 rings (SSSR count). The highest BCUT2D eigenvalue weighted by atomic mass is 16.3. The smallest absolute Gasteiger partial charge is 0.224 e. The monoisotopic (exact) mass is 380 g/mol. The van der Waals surface area contributed by atoms with Crippen LogP contribution in [0.15, 0.2) is 45.6 Å². The van der Waals surface area contributed by atoms with Crippen molar-refractivity contribution in [2.24, 2.45) is 0 Å². The van der Waals surface area contributed by atoms with E-state index in [9.17, 15) is 4.79 Å². The SMILES string of the molecule is Cc1cc2occ(CC(=O)NCC(c3ccco3)N3CCCCC3)c2cc1C. The van der Waals surface area contributed by atoms with Gasteiger partial charge in [0.05, 0.1) is 25.0 Å². The first kappa shape index (κ1) is 18.8. The number of carbonyl (C=O) groups excluding carboxylic acids is 1. The van der Waals surface area contributed by atoms with E-state index < -0.39 is 0 Å². The molecule has 0 aliphatic carbocycles. The number of hydrogen-bond donors (Lipinski definition) is 1. The molecule has 0 bridgehead atoms. The Morgan fingerprint density at radius 3 is 2.68 bits per heavy atom. The van der Waals surface area contributed by atoms with Crippen LogP contribution in [0.3, 0.4) is 0 Å². The molecule has 1 aliphatic heterocycles. The molecule has 1 amide bonds. The zero-order valence-electron chi connectivity index (χ0n) is 16.7. The van der Waals surface area contributed by atoms with Crippen molar-refractivity contribution < 1.29 is 13.6 Å². The molecule has 1 N–H and O–H groups in total. The molecular weight excluding hydrogens is 352 g/mol. The van der Waals surface area contributed by atoms with Gasteiger partial charge in [-0.2, -0.15) is 0 Å². The number of furan rings is 2. The molecule has 2 aromatic heterocycles. The molecule has 0 spiro atoms. The van der Waals surface area contributed by atoms with E-state index in [2.05, 4.69) is 30.1 Å². The zero-order valence-corrected chi connectivity index (χ0v) is 16.7. The van der Waals surface area contributed by atoms with E-state index in [1.54, 1.807) is 12.5 Å². The molecule has 1 fully saturated rings. The number of benzene rings is 1. The second kappa shape index (κ2) is 8.23. The lowest BCUT2D eigenvalue weighted by molar-refractivity contribution is -0.120. The standard InChI is InChI=1S/C23H28N2O3/c1-16-11-19-18(15-28-22(19)12-17(16)2)13-23(26)24-14-20(21-7-6-10-27-21)25-8-4-3-5-9-25/h6-7,10-12,15,20H,3-5,8-9,13-14H2,1-2H3,(H,24,26). The Kier molecular flexibility index (Phi) is 5.53. The van der Waals surface area contributed by atoms with Gasteiger partial charge in [-0.25, -0.2) is 0 Å². The molecule has 5 nitrogen and oxygen atoms in total. The van der Waals surface area contributed by atoms with Gasteiger partial charge in [0.25, 0.3) is 0 Å². The van der Waals surface area contributed by atoms with E-state index in [1.807, 2.05) is 18.2 Å². The van der Waals surface area contributed by atoms with Gasteiger partial charge in [-0.15, -0.1) is 0 Å². The first-order valence-corrected chi connectivity index (χ1v) is 10.1. The summed E-state index contributed by atoms with van der Waals surface area (Å²) in [5.41, 5.74) is 4.18. The predicted molar refractivity (Wildman–Crippen MR) is 109 cm³/mol. The van der Waals surface area contributed by atoms with Gasteiger partial charge in [-0.3, -0.25) is 9.69 Å². The fourth-order valence-corrected chi connectivity index (χ4v) is 4.04. The van der Waals surface area contributed by atoms with Crippen LogP contribution >= 0.6 is 0 Å². The van der Waals surface area contributed by atoms with Crippen LogP contribution in [0.2, 0.25) is 0 Å². The van der Waals surface area contributed by atoms with Crippen LogP contribution < -0.4 is 5.32 Å². The molecule has 1 aromatic carbocycles. The van der Waals surface area contributed by atoms with Gasteiger partial charge in [0.15, 0.2) is 0 Å². The Hall–Kier alpha value is -2.53. The molecule has 5 heteroatoms. The Balaban J connectivity index is 1.43. The van der Waals surface area contributed by atoms with Gasteiger partial charge < -0.3 is 14.2 Å². The largest absolute Gasteiger partial charge is 0.468 e. The van der Waals surface area contributed by atoms with Crippen LogP contribution in [0.4, 0.5) is 0 Å². The second-order valence-corrected chi connectivity index (χ2v) is 7.80. The fraction of sp³-hybridized carbons (Fsp3) is 0.435. The number of carbonyl (C=O) groups is 1. The fourth-order valence-electron chi connectivity index (χ4n) is 4.04. The van der Waals surface area contributed by atoms with Gasteiger partial charge in [0.2, 0.25) is 5.91 Å². The number of fused-ring (bicyclic) bond motifs is 1. The van der Waals surface area contributed by atoms with Crippen LogP contribution in [-0.4, -0.2) is 30.4 Å². The predicted octanol–water partition coefficient (Wildman–Crippen LogP) is 4.53. The third-order valence-corrected chi connectivity index (χ3v) is 5.82. The molecule has 148 valence electrons. The average Bonchev–Trinajstić information content (AvgIpc) is 3.35. The first-order chi connectivity index (χ1) is 13.6. The van der Waals surface area contributed by atoms with Crippen molar-refractivity contribution in [3.8, 4) is 0 Å². The number of aryl methyl sites for hydroxylation is 2. The number of piperidine rings is 1. The summed E-state index contributed by atoms with van der Waals surface area (Å²) in [6, 6.07) is 8.15. The molecule has 28 heavy (non-hydrogen) atoms. The quantitative estimate of drug-likeness (QED) is 0.683. The van der Waals surface area contributed by atoms with Crippen LogP contribution in [0, 0.1) is 13.8 Å². The summed E-state index contributed by atoms with van der Waals surface area (Å²) in [6.07, 6.45) is 7.41. The maximum Gasteiger partial charge on any atom is 0.224 e. The summed E-state index contributed by atoms with van der Waals surface area (Å²) < 4.78 is 11.3. The number of hydrogen-bond acceptors (Lipinski definition) is 4. The lowest BCUT2D eigenvalue weighted by Crippen LogP contribution is -2.40. The van der Waals surface area contributed by atoms with E-state index in [4.69, 9.17) is 8.83 Å². The Morgan fingerprint density at radius 1 is 1.14 bits per heavy atom. The van der Waals surface area contributed by atoms with Gasteiger partial charge in [0.1, 0.15) is 11.3 Å². The van der Waals surface area contributed by atoms with Crippen molar-refractivity contribution in [1.29, 1.82) is 0 Å². The summed E-state index contributed by atoms with van der Waals surface area (Å²) in [4.78, 5) is 15.1. The van der Waals surface area contributed by atoms with Gasteiger partial charge in [-0.05, 0) is 75.2 Å². The molecule has 3 aromatic rings. The van der Waals surface area contributed by atoms with Crippen LogP contribution in [0.25, 0.3) is 11.0 Å². The Morgan fingerprint density at radius 2 is 1.93 bits per heavy atom. The van der Waals surface area contributed by atoms with Crippen molar-refractivity contribution in [1.82, 2.24) is 10.2 Å². The molecule has 0 radical (unpaired) electrons. The highest BCUT2D eigenvalue weighted by molar-refractivity contribution is 5.88. The summed E-state index contributed by atoms with van der Waals surface area (Å²) in [5.74, 6) is 0.927. The maximum absolute atomic E-state index is 12.7. The third-order valence-electron chi connectivity index (χ3n) is 5.82. The minimum atomic E-state index is 0.00879. The summed E-state index contributed by atoms with van der Waals surface area (Å²) in [6.45, 7) is 6.80. The molecule has 1 aliphatic rings. The molecule has 1 unspecified atom stereocenters. The van der Waals surface area contributed by atoms with Gasteiger partial charge >= 0.3 is 0 Å². The van der Waals surface area contributed by atoms with E-state index in [0.29, 0.717) is 13.0 Å². The normalized spacial score (nSPS) is 16.4. The van der Waals surface area contributed by atoms with Crippen molar-refractivity contribution in [3.05, 3.63) is 59.2 Å². The molecule has 1 saturated heterocycles. The van der Waals surface area contributed by atoms with E-state index >= 15 is 0 Å². The van der Waals surface area contributed by atoms with Gasteiger partial charge in [-0.1, -0.05) is 6.42 Å². The van der Waals surface area contributed by atoms with Gasteiger partial charge in [0, 0.05) is 17.5 Å². The van der Waals surface area contributed by atoms with Crippen molar-refractivity contribution in [3.63, 3.8) is 0 Å². The maximum atomic E-state index is 12.7. The van der Waals surface area contributed by atoms with Crippen LogP contribution in [0.5, 0.6) is 0 Å². The van der Waals surface area contributed by atoms with Crippen molar-refractivity contribution in [2.45, 2.75) is 45.6 Å². The highest BCUT2D eigenvalue weighted by Gasteiger charge is 2.25. The zero-order chi connectivity index (χ0) is 19.5. The molecule has 1 atom stereocenters. The lowest BCUT2D eigenvalue weighted by atomic mass is 10.0. The van der Waals surface area contributed by atoms with E-state index in [0.717, 1.165) is 35.4 Å². The van der Waals surface area contributed by atoms with Crippen molar-refractivity contribution in [2.75, 3.05) is 19.6 Å². The lowest BCUT2D eigenvalue weighted by Gasteiger charge is -2.33. The number of rotatable bonds is 6. The topological polar surface area (TPSA) is 58.6 Å². The minimum Gasteiger partial charge on any atom is -0.468 e. The highest BCUT2D eigenvalue weighted by Crippen LogP contribution is 2.26. The third kappa shape index (κ3) is 3.99. The number of likely N-dealkylation sites (tertiary alicyclic amines) is 1. The average molecular weight is 380 g/mol. The van der Waals surface area contributed by atoms with Crippen LogP contribution in [0.1, 0.15) is 47.8 Å². The Bertz CT molecular complexity index is 936. The molecule has 0 saturated carbocycles. The van der Waals surface area contributed by atoms with Crippen LogP contribution in [-0.2, 0) is 11.2 Å². The second-order valence-electron chi connectivity index (χ2n) is 7.80. The molecule has 3 heterocycles. The van der Waals surface area contributed by atoms with E-state index in [1.165, 1.54) is 30.4 Å². The number of nitrogens with zero attached hydrogens (tertiary/aromatic N) is 1.